The molecule has 1 aromatic heterocycles. The summed E-state index contributed by atoms with van der Waals surface area (Å²) in [5.41, 5.74) is 40.6. The monoisotopic (exact) mass is 1590 g/mol. The van der Waals surface area contributed by atoms with Crippen molar-refractivity contribution in [2.75, 3.05) is 37.4 Å². The fourth-order valence-electron chi connectivity index (χ4n) is 10.9. The van der Waals surface area contributed by atoms with E-state index in [4.69, 9.17) is 56.4 Å². The first-order valence-electron chi connectivity index (χ1n) is 35.5. The number of amides is 14. The summed E-state index contributed by atoms with van der Waals surface area (Å²) in [5.74, 6) is -17.2. The molecule has 0 fully saturated rings. The minimum absolute atomic E-state index is 0.00838. The maximum atomic E-state index is 15.0. The summed E-state index contributed by atoms with van der Waals surface area (Å²) in [7, 11) is 0. The molecule has 41 nitrogen and oxygen atoms in total. The van der Waals surface area contributed by atoms with Crippen LogP contribution in [0.25, 0.3) is 10.9 Å². The lowest BCUT2D eigenvalue weighted by molar-refractivity contribution is -0.143. The Hall–Kier alpha value is -11.5. The van der Waals surface area contributed by atoms with Crippen molar-refractivity contribution in [1.82, 2.24) is 79.4 Å². The third kappa shape index (κ3) is 35.2. The number of guanidine groups is 3. The first-order valence-corrected chi connectivity index (χ1v) is 37.6. The molecule has 0 saturated heterocycles. The van der Waals surface area contributed by atoms with Crippen LogP contribution in [0.1, 0.15) is 109 Å². The molecular formula is C68H107N25O16S2. The van der Waals surface area contributed by atoms with E-state index in [1.54, 1.807) is 80.9 Å². The molecule has 612 valence electrons. The Balaban J connectivity index is 2.03. The van der Waals surface area contributed by atoms with Gasteiger partial charge in [-0.3, -0.25) is 83.4 Å². The second kappa shape index (κ2) is 48.8. The number of carbonyl (C=O) groups is 15. The molecule has 0 saturated carbocycles. The van der Waals surface area contributed by atoms with E-state index >= 15 is 0 Å². The van der Waals surface area contributed by atoms with Crippen LogP contribution >= 0.6 is 24.4 Å². The van der Waals surface area contributed by atoms with Crippen molar-refractivity contribution >= 4 is 142 Å². The van der Waals surface area contributed by atoms with Crippen LogP contribution in [0.2, 0.25) is 0 Å². The van der Waals surface area contributed by atoms with Gasteiger partial charge in [-0.2, -0.15) is 24.4 Å². The standard InChI is InChI=1S/C68H107N25O16S2/c1-34(2)53(64(107)89-46(65(108)109)19-12-27-81-68(77)78)93-54(97)35(3)83-56(99)41(17-10-25-79-66(73)74)84-60(103)45(24-28-111-4)88-63(106)49(31-52(72)96)92-57(100)42(18-11-26-80-67(75)76)85-58(101)43(20-22-50(70)94)87-62(105)48(30-37-32-82-40-16-9-8-15-38(37)40)91-59(102)44(21-23-51(71)95)86-61(104)47(90-55(98)39(69)33-110)29-36-13-6-5-7-14-36/h5-9,13-16,32,34-35,39,41-49,53,82,110H,10-12,17-31,33,69H2,1-4H3,(H2,70,94)(H2,71,95)(H2,72,96)(H,83,99)(H,84,103)(H,85,101)(H,86,104)(H,87,105)(H,88,106)(H,89,107)(H,90,98)(H,91,102)(H,92,100)(H,93,97)(H,108,109)(H4,73,74,79)(H4,75,76,80)(H4,77,78,81)/t35-,39-,41-,42-,43-,44-,45-,46-,47-,48-,49-,53-/m0/s1. The summed E-state index contributed by atoms with van der Waals surface area (Å²) < 4.78 is 0. The van der Waals surface area contributed by atoms with Gasteiger partial charge in [0.25, 0.3) is 0 Å². The Labute approximate surface area is 650 Å². The first kappa shape index (κ1) is 93.7. The van der Waals surface area contributed by atoms with Crippen LogP contribution in [0.5, 0.6) is 0 Å². The molecule has 0 unspecified atom stereocenters. The Morgan fingerprint density at radius 2 is 0.838 bits per heavy atom. The SMILES string of the molecule is CSCC[C@H](NC(=O)[C@H](CC(N)=O)NC(=O)[C@H](CCCNC(=N)N)NC(=O)[C@H](CCC(N)=O)NC(=O)[C@H](Cc1c[nH]c2ccccc12)NC(=O)[C@H](CCC(N)=O)NC(=O)[C@H](Cc1ccccc1)NC(=O)[C@@H](N)CS)C(=O)N[C@@H](CCCNC(=N)N)C(=O)N[C@@H](C)C(=O)N[C@H](C(=O)N[C@@H](CCCNC(=N)N)C(=O)O)C(C)C. The molecule has 111 heavy (non-hydrogen) atoms. The number of carboxylic acids is 1. The van der Waals surface area contributed by atoms with Gasteiger partial charge in [0.2, 0.25) is 82.7 Å². The van der Waals surface area contributed by atoms with E-state index in [-0.39, 0.29) is 94.9 Å². The molecule has 3 rings (SSSR count). The van der Waals surface area contributed by atoms with Gasteiger partial charge >= 0.3 is 5.97 Å². The Morgan fingerprint density at radius 3 is 1.28 bits per heavy atom. The van der Waals surface area contributed by atoms with Gasteiger partial charge in [-0.25, -0.2) is 4.79 Å². The van der Waals surface area contributed by atoms with Gasteiger partial charge in [0.05, 0.1) is 12.5 Å². The lowest BCUT2D eigenvalue weighted by Crippen LogP contribution is -2.61. The van der Waals surface area contributed by atoms with Crippen LogP contribution in [0, 0.1) is 22.1 Å². The lowest BCUT2D eigenvalue weighted by atomic mass is 10.0. The van der Waals surface area contributed by atoms with Crippen LogP contribution in [0.4, 0.5) is 0 Å². The van der Waals surface area contributed by atoms with E-state index < -0.39 is 211 Å². The van der Waals surface area contributed by atoms with Crippen LogP contribution < -0.4 is 115 Å². The molecule has 0 bridgehead atoms. The molecule has 1 heterocycles. The summed E-state index contributed by atoms with van der Waals surface area (Å²) in [6, 6.07) is -3.11. The predicted molar refractivity (Wildman–Crippen MR) is 414 cm³/mol. The molecule has 3 aromatic rings. The number of para-hydroxylation sites is 1. The number of thioether (sulfide) groups is 1. The van der Waals surface area contributed by atoms with Crippen LogP contribution in [0.3, 0.4) is 0 Å². The third-order valence-corrected chi connectivity index (χ3v) is 18.0. The number of aliphatic carboxylic acids is 1. The van der Waals surface area contributed by atoms with Crippen molar-refractivity contribution < 1.29 is 77.0 Å². The van der Waals surface area contributed by atoms with E-state index in [0.29, 0.717) is 22.0 Å². The number of nitrogens with two attached hydrogens (primary N) is 7. The largest absolute Gasteiger partial charge is 0.480 e. The number of carbonyl (C=O) groups excluding carboxylic acids is 14. The predicted octanol–water partition coefficient (Wildman–Crippen LogP) is -6.75. The minimum Gasteiger partial charge on any atom is -0.480 e. The highest BCUT2D eigenvalue weighted by Gasteiger charge is 2.38. The molecular weight excluding hydrogens is 1490 g/mol. The van der Waals surface area contributed by atoms with Crippen LogP contribution in [-0.2, 0) is 84.8 Å². The Bertz CT molecular complexity index is 3740. The number of carboxylic acid groups (broad SMARTS) is 1. The number of hydrogen-bond donors (Lipinski definition) is 27. The minimum atomic E-state index is -1.92. The average Bonchev–Trinajstić information content (AvgIpc) is 1.69. The fourth-order valence-corrected chi connectivity index (χ4v) is 11.6. The van der Waals surface area contributed by atoms with Gasteiger partial charge in [-0.15, -0.1) is 0 Å². The molecule has 0 spiro atoms. The highest BCUT2D eigenvalue weighted by atomic mass is 32.2. The van der Waals surface area contributed by atoms with E-state index in [2.05, 4.69) is 92.0 Å². The van der Waals surface area contributed by atoms with E-state index in [0.717, 1.165) is 0 Å². The van der Waals surface area contributed by atoms with E-state index in [9.17, 15) is 77.0 Å². The fraction of sp³-hybridized carbons (Fsp3) is 0.529. The van der Waals surface area contributed by atoms with E-state index in [1.807, 2.05) is 0 Å². The summed E-state index contributed by atoms with van der Waals surface area (Å²) in [6.45, 7) is 4.46. The molecule has 14 amide bonds. The van der Waals surface area contributed by atoms with Crippen molar-refractivity contribution in [3.63, 3.8) is 0 Å². The molecule has 0 radical (unpaired) electrons. The summed E-state index contributed by atoms with van der Waals surface area (Å²) in [4.78, 5) is 209. The van der Waals surface area contributed by atoms with Gasteiger partial charge in [0.15, 0.2) is 17.9 Å². The van der Waals surface area contributed by atoms with Gasteiger partial charge < -0.3 is 125 Å². The highest BCUT2D eigenvalue weighted by molar-refractivity contribution is 7.98. The Kier molecular flexibility index (Phi) is 41.2. The third-order valence-electron chi connectivity index (χ3n) is 16.9. The number of thiol groups is 1. The van der Waals surface area contributed by atoms with Gasteiger partial charge in [-0.05, 0) is 99.8 Å². The van der Waals surface area contributed by atoms with Crippen molar-refractivity contribution in [2.24, 2.45) is 46.1 Å². The molecule has 0 aliphatic rings. The number of H-pyrrole nitrogens is 1. The van der Waals surface area contributed by atoms with Crippen molar-refractivity contribution in [1.29, 1.82) is 16.2 Å². The number of benzene rings is 2. The van der Waals surface area contributed by atoms with Gasteiger partial charge in [0.1, 0.15) is 66.5 Å². The van der Waals surface area contributed by atoms with Gasteiger partial charge in [-0.1, -0.05) is 62.4 Å². The number of rotatable bonds is 52. The smallest absolute Gasteiger partial charge is 0.326 e. The zero-order valence-electron chi connectivity index (χ0n) is 62.2. The summed E-state index contributed by atoms with van der Waals surface area (Å²) in [6.07, 6.45) is -0.767. The average molecular weight is 1590 g/mol. The quantitative estimate of drug-likeness (QED) is 0.0108. The number of hydrogen-bond acceptors (Lipinski definition) is 21. The lowest BCUT2D eigenvalue weighted by Gasteiger charge is -2.28. The molecule has 33 N–H and O–H groups in total. The number of nitrogens with one attached hydrogen (secondary N) is 18. The number of aromatic nitrogens is 1. The number of aromatic amines is 1. The topological polar surface area (TPSA) is 714 Å². The van der Waals surface area contributed by atoms with Crippen molar-refractivity contribution in [3.05, 3.63) is 71.9 Å². The molecule has 0 aliphatic heterocycles. The van der Waals surface area contributed by atoms with E-state index in [1.165, 1.54) is 18.7 Å². The second-order valence-electron chi connectivity index (χ2n) is 26.3. The van der Waals surface area contributed by atoms with Crippen LogP contribution in [-0.4, -0.2) is 227 Å². The maximum Gasteiger partial charge on any atom is 0.326 e. The van der Waals surface area contributed by atoms with Crippen LogP contribution in [0.15, 0.2) is 60.8 Å². The molecule has 43 heteroatoms. The molecule has 12 atom stereocenters. The normalized spacial score (nSPS) is 14.2. The highest BCUT2D eigenvalue weighted by Crippen LogP contribution is 2.20. The zero-order chi connectivity index (χ0) is 83.0. The molecule has 0 aliphatic carbocycles. The Morgan fingerprint density at radius 1 is 0.450 bits per heavy atom. The number of primary amides is 3. The first-order chi connectivity index (χ1) is 52.4. The second-order valence-corrected chi connectivity index (χ2v) is 27.7. The van der Waals surface area contributed by atoms with Crippen molar-refractivity contribution in [2.45, 2.75) is 183 Å². The maximum absolute atomic E-state index is 15.0. The number of fused-ring (bicyclic) bond motifs is 1. The molecule has 2 aromatic carbocycles. The summed E-state index contributed by atoms with van der Waals surface area (Å²) in [5, 5.41) is 68.3. The van der Waals surface area contributed by atoms with Crippen molar-refractivity contribution in [3.8, 4) is 0 Å². The van der Waals surface area contributed by atoms with Gasteiger partial charge in [0, 0.05) is 68.2 Å². The zero-order valence-corrected chi connectivity index (χ0v) is 63.9. The summed E-state index contributed by atoms with van der Waals surface area (Å²) >= 11 is 5.32.